The zero-order valence-corrected chi connectivity index (χ0v) is 16.1. The number of carbonyl (C=O) groups is 1. The maximum atomic E-state index is 13.1. The Morgan fingerprint density at radius 2 is 1.93 bits per heavy atom. The maximum Gasteiger partial charge on any atom is 0.412 e. The third-order valence-corrected chi connectivity index (χ3v) is 5.10. The minimum absolute atomic E-state index is 0.374. The number of ether oxygens (including phenoxy) is 2. The van der Waals surface area contributed by atoms with E-state index in [1.165, 1.54) is 24.3 Å². The number of carbonyl (C=O) groups excluding carboxylic acids is 1. The van der Waals surface area contributed by atoms with Gasteiger partial charge in [-0.15, -0.1) is 0 Å². The summed E-state index contributed by atoms with van der Waals surface area (Å²) >= 11 is 0. The van der Waals surface area contributed by atoms with Crippen molar-refractivity contribution in [2.24, 2.45) is 0 Å². The van der Waals surface area contributed by atoms with E-state index in [4.69, 9.17) is 9.47 Å². The van der Waals surface area contributed by atoms with Crippen molar-refractivity contribution in [1.82, 2.24) is 0 Å². The topological polar surface area (TPSA) is 67.9 Å². The summed E-state index contributed by atoms with van der Waals surface area (Å²) in [5.41, 5.74) is 0.462. The molecule has 0 bridgehead atoms. The van der Waals surface area contributed by atoms with E-state index >= 15 is 0 Å². The first-order chi connectivity index (χ1) is 12.7. The number of rotatable bonds is 3. The van der Waals surface area contributed by atoms with E-state index in [-0.39, 0.29) is 5.82 Å². The van der Waals surface area contributed by atoms with Crippen molar-refractivity contribution in [3.05, 3.63) is 48.3 Å². The average molecular weight is 392 g/mol. The van der Waals surface area contributed by atoms with Gasteiger partial charge < -0.3 is 9.47 Å². The second kappa shape index (κ2) is 7.56. The SMILES string of the molecule is CC(C)(C)OC(=O)Nc1ccc2c(c1)N(S(=O)c1ccc(F)cc1)CCO2. The van der Waals surface area contributed by atoms with Crippen molar-refractivity contribution in [3.8, 4) is 5.75 Å². The van der Waals surface area contributed by atoms with Crippen LogP contribution in [0, 0.1) is 5.82 Å². The van der Waals surface area contributed by atoms with Gasteiger partial charge in [-0.2, -0.15) is 0 Å². The second-order valence-electron chi connectivity index (χ2n) is 6.96. The maximum absolute atomic E-state index is 13.1. The molecule has 0 spiro atoms. The Labute approximate surface area is 159 Å². The summed E-state index contributed by atoms with van der Waals surface area (Å²) in [6.07, 6.45) is -0.578. The number of nitrogens with one attached hydrogen (secondary N) is 1. The van der Waals surface area contributed by atoms with Gasteiger partial charge in [0.2, 0.25) is 0 Å². The third kappa shape index (κ3) is 4.77. The first kappa shape index (κ1) is 19.2. The van der Waals surface area contributed by atoms with E-state index < -0.39 is 22.7 Å². The standard InChI is InChI=1S/C19H21FN2O4S/c1-19(2,3)26-18(23)21-14-6-9-17-16(12-14)22(10-11-25-17)27(24)15-7-4-13(20)5-8-15/h4-9,12H,10-11H2,1-3H3,(H,21,23). The lowest BCUT2D eigenvalue weighted by Crippen LogP contribution is -2.34. The quantitative estimate of drug-likeness (QED) is 0.854. The molecule has 0 saturated carbocycles. The zero-order valence-electron chi connectivity index (χ0n) is 15.3. The fourth-order valence-corrected chi connectivity index (χ4v) is 3.73. The molecule has 1 atom stereocenters. The molecule has 6 nitrogen and oxygen atoms in total. The van der Waals surface area contributed by atoms with Gasteiger partial charge in [-0.3, -0.25) is 9.62 Å². The highest BCUT2D eigenvalue weighted by atomic mass is 32.2. The molecule has 0 radical (unpaired) electrons. The number of amides is 1. The highest BCUT2D eigenvalue weighted by molar-refractivity contribution is 7.86. The van der Waals surface area contributed by atoms with Crippen LogP contribution in [0.25, 0.3) is 0 Å². The van der Waals surface area contributed by atoms with Crippen LogP contribution in [0.5, 0.6) is 5.75 Å². The van der Waals surface area contributed by atoms with Gasteiger partial charge in [0, 0.05) is 5.69 Å². The molecule has 0 aromatic heterocycles. The molecule has 144 valence electrons. The number of nitrogens with zero attached hydrogens (tertiary/aromatic N) is 1. The molecule has 27 heavy (non-hydrogen) atoms. The summed E-state index contributed by atoms with van der Waals surface area (Å²) in [7, 11) is -1.53. The van der Waals surface area contributed by atoms with Crippen molar-refractivity contribution >= 4 is 28.5 Å². The predicted octanol–water partition coefficient (Wildman–Crippen LogP) is 4.09. The van der Waals surface area contributed by atoms with Gasteiger partial charge in [-0.05, 0) is 63.2 Å². The van der Waals surface area contributed by atoms with Crippen LogP contribution < -0.4 is 14.4 Å². The lowest BCUT2D eigenvalue weighted by atomic mass is 10.2. The summed E-state index contributed by atoms with van der Waals surface area (Å²) in [6.45, 7) is 6.11. The molecule has 0 aliphatic carbocycles. The molecule has 1 heterocycles. The number of halogens is 1. The van der Waals surface area contributed by atoms with Crippen molar-refractivity contribution in [3.63, 3.8) is 0 Å². The van der Waals surface area contributed by atoms with Crippen LogP contribution >= 0.6 is 0 Å². The second-order valence-corrected chi connectivity index (χ2v) is 8.37. The van der Waals surface area contributed by atoms with Gasteiger partial charge >= 0.3 is 6.09 Å². The number of hydrogen-bond acceptors (Lipinski definition) is 4. The molecule has 3 rings (SSSR count). The summed E-state index contributed by atoms with van der Waals surface area (Å²) in [5, 5.41) is 2.66. The monoisotopic (exact) mass is 392 g/mol. The van der Waals surface area contributed by atoms with Crippen molar-refractivity contribution in [2.75, 3.05) is 22.8 Å². The van der Waals surface area contributed by atoms with Gasteiger partial charge in [0.1, 0.15) is 23.8 Å². The fraction of sp³-hybridized carbons (Fsp3) is 0.316. The lowest BCUT2D eigenvalue weighted by Gasteiger charge is -2.30. The van der Waals surface area contributed by atoms with Crippen LogP contribution in [0.15, 0.2) is 47.4 Å². The molecule has 0 fully saturated rings. The molecule has 8 heteroatoms. The summed E-state index contributed by atoms with van der Waals surface area (Å²) in [4.78, 5) is 12.5. The third-order valence-electron chi connectivity index (χ3n) is 3.64. The Morgan fingerprint density at radius 3 is 2.59 bits per heavy atom. The zero-order chi connectivity index (χ0) is 19.6. The fourth-order valence-electron chi connectivity index (χ4n) is 2.54. The molecule has 1 N–H and O–H groups in total. The Bertz CT molecular complexity index is 865. The van der Waals surface area contributed by atoms with Crippen LogP contribution in [0.4, 0.5) is 20.6 Å². The largest absolute Gasteiger partial charge is 0.489 e. The molecular formula is C19H21FN2O4S. The van der Waals surface area contributed by atoms with Crippen LogP contribution in [0.3, 0.4) is 0 Å². The van der Waals surface area contributed by atoms with Crippen molar-refractivity contribution in [2.45, 2.75) is 31.3 Å². The molecule has 0 saturated heterocycles. The molecule has 2 aromatic rings. The Hall–Kier alpha value is -2.61. The van der Waals surface area contributed by atoms with Crippen molar-refractivity contribution in [1.29, 1.82) is 0 Å². The van der Waals surface area contributed by atoms with E-state index in [1.807, 2.05) is 0 Å². The van der Waals surface area contributed by atoms with Crippen LogP contribution in [-0.4, -0.2) is 29.1 Å². The summed E-state index contributed by atoms with van der Waals surface area (Å²) in [6, 6.07) is 10.6. The van der Waals surface area contributed by atoms with Gasteiger partial charge in [0.05, 0.1) is 17.1 Å². The summed E-state index contributed by atoms with van der Waals surface area (Å²) in [5.74, 6) is 0.174. The predicted molar refractivity (Wildman–Crippen MR) is 102 cm³/mol. The first-order valence-electron chi connectivity index (χ1n) is 8.45. The van der Waals surface area contributed by atoms with Crippen LogP contribution in [0.2, 0.25) is 0 Å². The molecular weight excluding hydrogens is 371 g/mol. The van der Waals surface area contributed by atoms with Gasteiger partial charge in [-0.1, -0.05) is 0 Å². The number of anilines is 2. The van der Waals surface area contributed by atoms with Gasteiger partial charge in [0.15, 0.2) is 11.0 Å². The molecule has 1 aliphatic heterocycles. The van der Waals surface area contributed by atoms with Crippen LogP contribution in [0.1, 0.15) is 20.8 Å². The molecule has 1 unspecified atom stereocenters. The van der Waals surface area contributed by atoms with E-state index in [0.717, 1.165) is 0 Å². The minimum atomic E-state index is -1.53. The molecule has 1 aliphatic rings. The Balaban J connectivity index is 1.84. The van der Waals surface area contributed by atoms with E-state index in [9.17, 15) is 13.4 Å². The minimum Gasteiger partial charge on any atom is -0.489 e. The number of hydrogen-bond donors (Lipinski definition) is 1. The Morgan fingerprint density at radius 1 is 1.22 bits per heavy atom. The van der Waals surface area contributed by atoms with Gasteiger partial charge in [0.25, 0.3) is 0 Å². The van der Waals surface area contributed by atoms with E-state index in [2.05, 4.69) is 5.32 Å². The van der Waals surface area contributed by atoms with Crippen molar-refractivity contribution < 1.29 is 22.9 Å². The van der Waals surface area contributed by atoms with Gasteiger partial charge in [-0.25, -0.2) is 13.4 Å². The molecule has 1 amide bonds. The Kier molecular flexibility index (Phi) is 5.36. The highest BCUT2D eigenvalue weighted by Crippen LogP contribution is 2.36. The smallest absolute Gasteiger partial charge is 0.412 e. The van der Waals surface area contributed by atoms with E-state index in [0.29, 0.717) is 35.2 Å². The molecule has 2 aromatic carbocycles. The summed E-state index contributed by atoms with van der Waals surface area (Å²) < 4.78 is 38.6. The number of fused-ring (bicyclic) bond motifs is 1. The van der Waals surface area contributed by atoms with E-state index in [1.54, 1.807) is 43.3 Å². The lowest BCUT2D eigenvalue weighted by molar-refractivity contribution is 0.0636. The van der Waals surface area contributed by atoms with Crippen LogP contribution in [-0.2, 0) is 15.7 Å². The first-order valence-corrected chi connectivity index (χ1v) is 9.55. The highest BCUT2D eigenvalue weighted by Gasteiger charge is 2.25. The normalized spacial score (nSPS) is 14.7. The average Bonchev–Trinajstić information content (AvgIpc) is 2.59. The number of benzene rings is 2.